The highest BCUT2D eigenvalue weighted by Crippen LogP contribution is 2.16. The minimum absolute atomic E-state index is 0. The number of halogens is 1. The predicted molar refractivity (Wildman–Crippen MR) is 92.2 cm³/mol. The van der Waals surface area contributed by atoms with Gasteiger partial charge in [-0.15, -0.1) is 12.4 Å². The van der Waals surface area contributed by atoms with Crippen LogP contribution >= 0.6 is 12.4 Å². The maximum atomic E-state index is 12.3. The van der Waals surface area contributed by atoms with Gasteiger partial charge >= 0.3 is 0 Å². The molecular formula is C17H22ClN3O. The Bertz CT molecular complexity index is 609. The molecule has 0 bridgehead atoms. The van der Waals surface area contributed by atoms with Crippen LogP contribution in [-0.4, -0.2) is 22.8 Å². The zero-order valence-electron chi connectivity index (χ0n) is 13.1. The van der Waals surface area contributed by atoms with Crippen molar-refractivity contribution in [2.24, 2.45) is 0 Å². The van der Waals surface area contributed by atoms with Crippen molar-refractivity contribution in [2.75, 3.05) is 12.8 Å². The van der Waals surface area contributed by atoms with Crippen molar-refractivity contribution in [1.82, 2.24) is 9.88 Å². The van der Waals surface area contributed by atoms with Crippen LogP contribution in [-0.2, 0) is 6.54 Å². The number of hydrogen-bond donors (Lipinski definition) is 1. The van der Waals surface area contributed by atoms with Gasteiger partial charge in [0.25, 0.3) is 5.91 Å². The van der Waals surface area contributed by atoms with Crippen molar-refractivity contribution >= 4 is 24.0 Å². The lowest BCUT2D eigenvalue weighted by Gasteiger charge is -2.17. The minimum atomic E-state index is -0.108. The molecule has 0 aliphatic heterocycles. The Morgan fingerprint density at radius 2 is 1.82 bits per heavy atom. The van der Waals surface area contributed by atoms with Gasteiger partial charge in [-0.05, 0) is 29.2 Å². The third-order valence-corrected chi connectivity index (χ3v) is 3.42. The summed E-state index contributed by atoms with van der Waals surface area (Å²) in [7, 11) is 1.77. The maximum absolute atomic E-state index is 12.3. The van der Waals surface area contributed by atoms with E-state index in [1.54, 1.807) is 24.1 Å². The van der Waals surface area contributed by atoms with Gasteiger partial charge in [-0.1, -0.05) is 38.1 Å². The lowest BCUT2D eigenvalue weighted by atomic mass is 10.0. The molecule has 118 valence electrons. The predicted octanol–water partition coefficient (Wildman–Crippen LogP) is 3.48. The summed E-state index contributed by atoms with van der Waals surface area (Å²) in [6.45, 7) is 4.89. The number of aromatic nitrogens is 1. The molecule has 0 radical (unpaired) electrons. The number of hydrogen-bond acceptors (Lipinski definition) is 3. The molecule has 0 saturated heterocycles. The topological polar surface area (TPSA) is 59.2 Å². The summed E-state index contributed by atoms with van der Waals surface area (Å²) >= 11 is 0. The molecule has 0 spiro atoms. The Balaban J connectivity index is 0.00000242. The highest BCUT2D eigenvalue weighted by molar-refractivity contribution is 5.92. The van der Waals surface area contributed by atoms with Crippen LogP contribution < -0.4 is 5.73 Å². The molecule has 4 nitrogen and oxygen atoms in total. The van der Waals surface area contributed by atoms with E-state index in [1.807, 2.05) is 0 Å². The summed E-state index contributed by atoms with van der Waals surface area (Å²) in [5.41, 5.74) is 8.94. The third-order valence-electron chi connectivity index (χ3n) is 3.42. The van der Waals surface area contributed by atoms with Gasteiger partial charge in [0.15, 0.2) is 0 Å². The first-order valence-electron chi connectivity index (χ1n) is 7.03. The molecule has 0 saturated carbocycles. The number of nitrogen functional groups attached to an aromatic ring is 1. The van der Waals surface area contributed by atoms with Crippen LogP contribution in [0.25, 0.3) is 0 Å². The molecule has 0 aliphatic carbocycles. The van der Waals surface area contributed by atoms with Gasteiger partial charge in [-0.2, -0.15) is 0 Å². The van der Waals surface area contributed by atoms with Crippen LogP contribution in [0.15, 0.2) is 42.6 Å². The molecule has 0 aliphatic rings. The van der Waals surface area contributed by atoms with Crippen molar-refractivity contribution in [3.63, 3.8) is 0 Å². The molecule has 1 heterocycles. The lowest BCUT2D eigenvalue weighted by molar-refractivity contribution is 0.0779. The van der Waals surface area contributed by atoms with E-state index in [1.165, 1.54) is 11.8 Å². The molecule has 0 unspecified atom stereocenters. The van der Waals surface area contributed by atoms with Gasteiger partial charge in [-0.3, -0.25) is 4.79 Å². The third kappa shape index (κ3) is 4.46. The van der Waals surface area contributed by atoms with Gasteiger partial charge in [0, 0.05) is 13.6 Å². The average molecular weight is 320 g/mol. The van der Waals surface area contributed by atoms with Crippen LogP contribution in [0.4, 0.5) is 5.69 Å². The molecule has 22 heavy (non-hydrogen) atoms. The molecule has 2 N–H and O–H groups in total. The molecule has 1 amide bonds. The van der Waals surface area contributed by atoms with Crippen LogP contribution in [0.1, 0.15) is 41.4 Å². The van der Waals surface area contributed by atoms with Gasteiger partial charge in [0.05, 0.1) is 11.9 Å². The number of rotatable bonds is 4. The van der Waals surface area contributed by atoms with Crippen molar-refractivity contribution in [3.8, 4) is 0 Å². The normalized spacial score (nSPS) is 10.2. The van der Waals surface area contributed by atoms with Gasteiger partial charge in [0.1, 0.15) is 5.69 Å². The quantitative estimate of drug-likeness (QED) is 0.938. The SMILES string of the molecule is CC(C)c1ccc(CN(C)C(=O)c2ccc(N)cn2)cc1.Cl. The number of nitrogens with zero attached hydrogens (tertiary/aromatic N) is 2. The standard InChI is InChI=1S/C17H21N3O.ClH/c1-12(2)14-6-4-13(5-7-14)11-20(3)17(21)16-9-8-15(18)10-19-16;/h4-10,12H,11,18H2,1-3H3;1H. The molecule has 2 aromatic rings. The lowest BCUT2D eigenvalue weighted by Crippen LogP contribution is -2.27. The van der Waals surface area contributed by atoms with E-state index in [-0.39, 0.29) is 18.3 Å². The molecule has 1 aromatic heterocycles. The molecule has 1 aromatic carbocycles. The first-order valence-corrected chi connectivity index (χ1v) is 7.03. The fraction of sp³-hybridized carbons (Fsp3) is 0.294. The Labute approximate surface area is 137 Å². The summed E-state index contributed by atoms with van der Waals surface area (Å²) in [5, 5.41) is 0. The summed E-state index contributed by atoms with van der Waals surface area (Å²) in [4.78, 5) is 18.0. The second-order valence-corrected chi connectivity index (χ2v) is 5.53. The Kier molecular flexibility index (Phi) is 6.38. The van der Waals surface area contributed by atoms with E-state index in [9.17, 15) is 4.79 Å². The second-order valence-electron chi connectivity index (χ2n) is 5.53. The number of anilines is 1. The van der Waals surface area contributed by atoms with E-state index in [4.69, 9.17) is 5.73 Å². The van der Waals surface area contributed by atoms with E-state index < -0.39 is 0 Å². The molecule has 5 heteroatoms. The maximum Gasteiger partial charge on any atom is 0.272 e. The Morgan fingerprint density at radius 3 is 2.32 bits per heavy atom. The van der Waals surface area contributed by atoms with E-state index >= 15 is 0 Å². The Hall–Kier alpha value is -2.07. The van der Waals surface area contributed by atoms with Crippen molar-refractivity contribution in [1.29, 1.82) is 0 Å². The molecule has 2 rings (SSSR count). The number of benzene rings is 1. The smallest absolute Gasteiger partial charge is 0.272 e. The Morgan fingerprint density at radius 1 is 1.18 bits per heavy atom. The van der Waals surface area contributed by atoms with Gasteiger partial charge in [-0.25, -0.2) is 4.98 Å². The summed E-state index contributed by atoms with van der Waals surface area (Å²) in [5.74, 6) is 0.403. The number of carbonyl (C=O) groups excluding carboxylic acids is 1. The summed E-state index contributed by atoms with van der Waals surface area (Å²) in [6, 6.07) is 11.7. The van der Waals surface area contributed by atoms with Crippen molar-refractivity contribution in [3.05, 3.63) is 59.4 Å². The zero-order chi connectivity index (χ0) is 15.4. The van der Waals surface area contributed by atoms with E-state index in [2.05, 4.69) is 43.1 Å². The first kappa shape index (κ1) is 18.0. The van der Waals surface area contributed by atoms with E-state index in [0.717, 1.165) is 5.56 Å². The summed E-state index contributed by atoms with van der Waals surface area (Å²) < 4.78 is 0. The molecular weight excluding hydrogens is 298 g/mol. The number of nitrogens with two attached hydrogens (primary N) is 1. The highest BCUT2D eigenvalue weighted by Gasteiger charge is 2.13. The highest BCUT2D eigenvalue weighted by atomic mass is 35.5. The molecule has 0 atom stereocenters. The second kappa shape index (κ2) is 7.80. The first-order chi connectivity index (χ1) is 9.97. The fourth-order valence-corrected chi connectivity index (χ4v) is 2.08. The molecule has 0 fully saturated rings. The van der Waals surface area contributed by atoms with Crippen molar-refractivity contribution in [2.45, 2.75) is 26.3 Å². The summed E-state index contributed by atoms with van der Waals surface area (Å²) in [6.07, 6.45) is 1.50. The van der Waals surface area contributed by atoms with Crippen LogP contribution in [0, 0.1) is 0 Å². The van der Waals surface area contributed by atoms with Crippen LogP contribution in [0.3, 0.4) is 0 Å². The number of amides is 1. The van der Waals surface area contributed by atoms with E-state index in [0.29, 0.717) is 23.8 Å². The monoisotopic (exact) mass is 319 g/mol. The van der Waals surface area contributed by atoms with Gasteiger partial charge < -0.3 is 10.6 Å². The van der Waals surface area contributed by atoms with Gasteiger partial charge in [0.2, 0.25) is 0 Å². The number of pyridine rings is 1. The number of carbonyl (C=O) groups is 1. The largest absolute Gasteiger partial charge is 0.397 e. The minimum Gasteiger partial charge on any atom is -0.397 e. The van der Waals surface area contributed by atoms with Crippen LogP contribution in [0.2, 0.25) is 0 Å². The van der Waals surface area contributed by atoms with Crippen LogP contribution in [0.5, 0.6) is 0 Å². The van der Waals surface area contributed by atoms with Crippen molar-refractivity contribution < 1.29 is 4.79 Å². The fourth-order valence-electron chi connectivity index (χ4n) is 2.08. The zero-order valence-corrected chi connectivity index (χ0v) is 13.9. The average Bonchev–Trinajstić information content (AvgIpc) is 2.47.